The molecule has 0 saturated heterocycles. The standard InChI is InChI=1S/C14H15N3O4/c1-8-11(20-2)5-4-9(12(8)21-3)6-10(7-15)13(18)17-14(16)19/h4-6H,1-3H3,(H3,16,17,18,19)/b10-6-. The van der Waals surface area contributed by atoms with Gasteiger partial charge in [0.1, 0.15) is 23.1 Å². The first-order valence-electron chi connectivity index (χ1n) is 5.88. The van der Waals surface area contributed by atoms with Crippen LogP contribution >= 0.6 is 0 Å². The lowest BCUT2D eigenvalue weighted by molar-refractivity contribution is -0.115. The number of nitrogens with one attached hydrogen (secondary N) is 1. The van der Waals surface area contributed by atoms with E-state index in [1.807, 2.05) is 5.32 Å². The number of primary amides is 1. The summed E-state index contributed by atoms with van der Waals surface area (Å²) >= 11 is 0. The van der Waals surface area contributed by atoms with Crippen LogP contribution in [0.1, 0.15) is 11.1 Å². The molecule has 0 bridgehead atoms. The number of carbonyl (C=O) groups excluding carboxylic acids is 2. The quantitative estimate of drug-likeness (QED) is 0.636. The largest absolute Gasteiger partial charge is 0.496 e. The Kier molecular flexibility index (Phi) is 5.31. The zero-order valence-corrected chi connectivity index (χ0v) is 11.9. The van der Waals surface area contributed by atoms with Gasteiger partial charge < -0.3 is 15.2 Å². The molecule has 1 aromatic rings. The van der Waals surface area contributed by atoms with E-state index in [4.69, 9.17) is 20.5 Å². The molecular formula is C14H15N3O4. The van der Waals surface area contributed by atoms with Gasteiger partial charge in [-0.2, -0.15) is 5.26 Å². The smallest absolute Gasteiger partial charge is 0.319 e. The molecule has 0 aliphatic carbocycles. The summed E-state index contributed by atoms with van der Waals surface area (Å²) in [5.41, 5.74) is 5.81. The fourth-order valence-electron chi connectivity index (χ4n) is 1.78. The number of rotatable bonds is 4. The van der Waals surface area contributed by atoms with Gasteiger partial charge >= 0.3 is 6.03 Å². The van der Waals surface area contributed by atoms with Gasteiger partial charge in [-0.15, -0.1) is 0 Å². The highest BCUT2D eigenvalue weighted by Crippen LogP contribution is 2.32. The molecule has 0 unspecified atom stereocenters. The van der Waals surface area contributed by atoms with Crippen molar-refractivity contribution in [3.05, 3.63) is 28.8 Å². The van der Waals surface area contributed by atoms with Gasteiger partial charge in [0.05, 0.1) is 14.2 Å². The lowest BCUT2D eigenvalue weighted by Gasteiger charge is -2.12. The molecule has 0 atom stereocenters. The number of nitriles is 1. The first kappa shape index (κ1) is 16.0. The number of hydrogen-bond acceptors (Lipinski definition) is 5. The van der Waals surface area contributed by atoms with Gasteiger partial charge in [-0.05, 0) is 25.1 Å². The van der Waals surface area contributed by atoms with Crippen molar-refractivity contribution in [1.29, 1.82) is 5.26 Å². The minimum atomic E-state index is -1.03. The maximum Gasteiger partial charge on any atom is 0.319 e. The van der Waals surface area contributed by atoms with Gasteiger partial charge in [0, 0.05) is 11.1 Å². The Morgan fingerprint density at radius 2 is 2.00 bits per heavy atom. The molecule has 110 valence electrons. The van der Waals surface area contributed by atoms with Crippen LogP contribution in [0.15, 0.2) is 17.7 Å². The van der Waals surface area contributed by atoms with Crippen LogP contribution in [-0.4, -0.2) is 26.2 Å². The van der Waals surface area contributed by atoms with Crippen LogP contribution in [-0.2, 0) is 4.79 Å². The fraction of sp³-hybridized carbons (Fsp3) is 0.214. The molecule has 0 aliphatic heterocycles. The fourth-order valence-corrected chi connectivity index (χ4v) is 1.78. The third-order valence-electron chi connectivity index (χ3n) is 2.71. The second kappa shape index (κ2) is 6.96. The van der Waals surface area contributed by atoms with Crippen molar-refractivity contribution in [2.45, 2.75) is 6.92 Å². The van der Waals surface area contributed by atoms with Crippen LogP contribution in [0.2, 0.25) is 0 Å². The first-order valence-corrected chi connectivity index (χ1v) is 5.88. The second-order valence-corrected chi connectivity index (χ2v) is 4.00. The predicted octanol–water partition coefficient (Wildman–Crippen LogP) is 1.11. The van der Waals surface area contributed by atoms with Gasteiger partial charge in [-0.25, -0.2) is 4.79 Å². The molecule has 7 nitrogen and oxygen atoms in total. The molecule has 0 aromatic heterocycles. The summed E-state index contributed by atoms with van der Waals surface area (Å²) in [6.45, 7) is 1.78. The lowest BCUT2D eigenvalue weighted by Crippen LogP contribution is -2.35. The number of nitrogens with two attached hydrogens (primary N) is 1. The molecule has 0 saturated carbocycles. The van der Waals surface area contributed by atoms with Crippen LogP contribution in [0, 0.1) is 18.3 Å². The van der Waals surface area contributed by atoms with Gasteiger partial charge in [-0.1, -0.05) is 0 Å². The second-order valence-electron chi connectivity index (χ2n) is 4.00. The highest BCUT2D eigenvalue weighted by Gasteiger charge is 2.14. The Morgan fingerprint density at radius 1 is 1.33 bits per heavy atom. The summed E-state index contributed by atoms with van der Waals surface area (Å²) in [5, 5.41) is 10.8. The Hall–Kier alpha value is -3.01. The summed E-state index contributed by atoms with van der Waals surface area (Å²) < 4.78 is 10.4. The Balaban J connectivity index is 3.30. The number of benzene rings is 1. The van der Waals surface area contributed by atoms with E-state index >= 15 is 0 Å². The normalized spacial score (nSPS) is 10.5. The SMILES string of the molecule is COc1ccc(/C=C(/C#N)C(=O)NC(N)=O)c(OC)c1C. The minimum Gasteiger partial charge on any atom is -0.496 e. The van der Waals surface area contributed by atoms with E-state index in [-0.39, 0.29) is 5.57 Å². The molecule has 0 heterocycles. The van der Waals surface area contributed by atoms with Gasteiger partial charge in [0.25, 0.3) is 5.91 Å². The number of urea groups is 1. The third kappa shape index (κ3) is 3.73. The van der Waals surface area contributed by atoms with Crippen LogP contribution < -0.4 is 20.5 Å². The van der Waals surface area contributed by atoms with Gasteiger partial charge in [0.15, 0.2) is 0 Å². The summed E-state index contributed by atoms with van der Waals surface area (Å²) in [6.07, 6.45) is 1.31. The molecule has 0 spiro atoms. The van der Waals surface area contributed by atoms with Crippen LogP contribution in [0.4, 0.5) is 4.79 Å². The molecule has 3 amide bonds. The van der Waals surface area contributed by atoms with Crippen LogP contribution in [0.5, 0.6) is 11.5 Å². The molecular weight excluding hydrogens is 274 g/mol. The number of amides is 3. The Labute approximate surface area is 121 Å². The maximum atomic E-state index is 11.6. The molecule has 7 heteroatoms. The topological polar surface area (TPSA) is 114 Å². The minimum absolute atomic E-state index is 0.267. The van der Waals surface area contributed by atoms with Crippen molar-refractivity contribution in [3.8, 4) is 17.6 Å². The number of ether oxygens (including phenoxy) is 2. The van der Waals surface area contributed by atoms with Crippen molar-refractivity contribution in [1.82, 2.24) is 5.32 Å². The molecule has 1 aromatic carbocycles. The molecule has 0 radical (unpaired) electrons. The Bertz CT molecular complexity index is 644. The monoisotopic (exact) mass is 289 g/mol. The number of imide groups is 1. The van der Waals surface area contributed by atoms with Crippen molar-refractivity contribution in [2.75, 3.05) is 14.2 Å². The maximum absolute atomic E-state index is 11.6. The Morgan fingerprint density at radius 3 is 2.48 bits per heavy atom. The van der Waals surface area contributed by atoms with Crippen molar-refractivity contribution < 1.29 is 19.1 Å². The average molecular weight is 289 g/mol. The molecule has 0 aliphatic rings. The molecule has 0 fully saturated rings. The van der Waals surface area contributed by atoms with Crippen LogP contribution in [0.3, 0.4) is 0 Å². The number of nitrogens with zero attached hydrogens (tertiary/aromatic N) is 1. The van der Waals surface area contributed by atoms with Crippen molar-refractivity contribution in [3.63, 3.8) is 0 Å². The van der Waals surface area contributed by atoms with E-state index in [2.05, 4.69) is 0 Å². The van der Waals surface area contributed by atoms with E-state index in [0.717, 1.165) is 5.56 Å². The third-order valence-corrected chi connectivity index (χ3v) is 2.71. The predicted molar refractivity (Wildman–Crippen MR) is 75.6 cm³/mol. The average Bonchev–Trinajstić information content (AvgIpc) is 2.44. The summed E-state index contributed by atoms with van der Waals surface area (Å²) in [5.74, 6) is 0.207. The van der Waals surface area contributed by atoms with Crippen molar-refractivity contribution in [2.24, 2.45) is 5.73 Å². The summed E-state index contributed by atoms with van der Waals surface area (Å²) in [6, 6.07) is 4.00. The summed E-state index contributed by atoms with van der Waals surface area (Å²) in [4.78, 5) is 22.3. The van der Waals surface area contributed by atoms with E-state index in [9.17, 15) is 9.59 Å². The van der Waals surface area contributed by atoms with E-state index in [1.165, 1.54) is 20.3 Å². The summed E-state index contributed by atoms with van der Waals surface area (Å²) in [7, 11) is 2.99. The molecule has 1 rings (SSSR count). The van der Waals surface area contributed by atoms with Crippen molar-refractivity contribution >= 4 is 18.0 Å². The molecule has 3 N–H and O–H groups in total. The molecule has 21 heavy (non-hydrogen) atoms. The highest BCUT2D eigenvalue weighted by atomic mass is 16.5. The van der Waals surface area contributed by atoms with Gasteiger partial charge in [-0.3, -0.25) is 10.1 Å². The lowest BCUT2D eigenvalue weighted by atomic mass is 10.1. The van der Waals surface area contributed by atoms with Gasteiger partial charge in [0.2, 0.25) is 0 Å². The zero-order valence-electron chi connectivity index (χ0n) is 11.9. The highest BCUT2D eigenvalue weighted by molar-refractivity contribution is 6.08. The number of hydrogen-bond donors (Lipinski definition) is 2. The van der Waals surface area contributed by atoms with E-state index in [0.29, 0.717) is 17.1 Å². The zero-order chi connectivity index (χ0) is 16.0. The van der Waals surface area contributed by atoms with Crippen LogP contribution in [0.25, 0.3) is 6.08 Å². The number of methoxy groups -OCH3 is 2. The number of carbonyl (C=O) groups is 2. The first-order chi connectivity index (χ1) is 9.94. The van der Waals surface area contributed by atoms with E-state index in [1.54, 1.807) is 25.1 Å². The van der Waals surface area contributed by atoms with E-state index < -0.39 is 11.9 Å².